The molecule has 37 heavy (non-hydrogen) atoms. The maximum atomic E-state index is 6.12. The molecule has 0 aliphatic rings. The largest absolute Gasteiger partial charge is 1.00 e. The topological polar surface area (TPSA) is 27.7 Å². The molecule has 0 aliphatic carbocycles. The third kappa shape index (κ3) is 20.9. The molecule has 0 heterocycles. The van der Waals surface area contributed by atoms with Crippen molar-refractivity contribution in [1.82, 2.24) is 0 Å². The van der Waals surface area contributed by atoms with Gasteiger partial charge in [-0.15, -0.1) is 0 Å². The molecule has 226 valence electrons. The number of hydrogen-bond donors (Lipinski definition) is 0. The summed E-state index contributed by atoms with van der Waals surface area (Å²) >= 11 is 0. The fraction of sp³-hybridized carbons (Fsp3) is 1.00. The van der Waals surface area contributed by atoms with E-state index in [1.165, 1.54) is 133 Å². The molecule has 0 aromatic heterocycles. The van der Waals surface area contributed by atoms with E-state index in [4.69, 9.17) is 13.3 Å². The van der Waals surface area contributed by atoms with E-state index in [1.54, 1.807) is 0 Å². The van der Waals surface area contributed by atoms with Crippen LogP contribution >= 0.6 is 0 Å². The van der Waals surface area contributed by atoms with Gasteiger partial charge in [0.2, 0.25) is 0 Å². The van der Waals surface area contributed by atoms with Crippen molar-refractivity contribution in [3.63, 3.8) is 0 Å². The molecular formula is C31H68ClNO3Si. The maximum Gasteiger partial charge on any atom is 0.501 e. The average Bonchev–Trinajstić information content (AvgIpc) is 2.85. The molecule has 0 aliphatic heterocycles. The van der Waals surface area contributed by atoms with Gasteiger partial charge in [0.1, 0.15) is 0 Å². The first-order valence-electron chi connectivity index (χ1n) is 16.3. The van der Waals surface area contributed by atoms with Crippen molar-refractivity contribution in [3.8, 4) is 0 Å². The first-order valence-corrected chi connectivity index (χ1v) is 18.3. The van der Waals surface area contributed by atoms with Crippen molar-refractivity contribution < 1.29 is 30.2 Å². The zero-order chi connectivity index (χ0) is 26.8. The Morgan fingerprint density at radius 3 is 1.11 bits per heavy atom. The molecule has 0 radical (unpaired) electrons. The van der Waals surface area contributed by atoms with E-state index in [0.717, 1.165) is 12.5 Å². The van der Waals surface area contributed by atoms with Crippen LogP contribution in [0.5, 0.6) is 0 Å². The van der Waals surface area contributed by atoms with Gasteiger partial charge >= 0.3 is 8.80 Å². The van der Waals surface area contributed by atoms with Crippen LogP contribution in [0, 0.1) is 0 Å². The number of hydrogen-bond acceptors (Lipinski definition) is 3. The van der Waals surface area contributed by atoms with Crippen LogP contribution in [0.1, 0.15) is 151 Å². The van der Waals surface area contributed by atoms with Crippen LogP contribution in [0.25, 0.3) is 0 Å². The molecule has 0 fully saturated rings. The van der Waals surface area contributed by atoms with E-state index in [0.29, 0.717) is 19.8 Å². The molecule has 0 unspecified atom stereocenters. The highest BCUT2D eigenvalue weighted by atomic mass is 35.5. The Morgan fingerprint density at radius 2 is 0.757 bits per heavy atom. The van der Waals surface area contributed by atoms with Crippen molar-refractivity contribution in [3.05, 3.63) is 0 Å². The molecule has 0 N–H and O–H groups in total. The quantitative estimate of drug-likeness (QED) is 0.0585. The zero-order valence-corrected chi connectivity index (χ0v) is 28.0. The highest BCUT2D eigenvalue weighted by Gasteiger charge is 2.40. The second-order valence-corrected chi connectivity index (χ2v) is 13.6. The molecule has 0 spiro atoms. The van der Waals surface area contributed by atoms with Gasteiger partial charge < -0.3 is 30.2 Å². The minimum Gasteiger partial charge on any atom is -1.00 e. The SMILES string of the molecule is CCCCCCCCCCCCCCCC[N+](CCC)(CCC)CCC[Si](OCC)(OCC)OCC.[Cl-]. The summed E-state index contributed by atoms with van der Waals surface area (Å²) in [5.41, 5.74) is 0. The standard InChI is InChI=1S/C31H68NO3Si.ClH/c1-7-13-14-15-16-17-18-19-20-21-22-23-24-25-29-32(27-8-2,28-9-3)30-26-31-36(33-10-4,34-11-5)35-12-6;/h7-31H2,1-6H3;1H/q+1;/p-1. The summed E-state index contributed by atoms with van der Waals surface area (Å²) in [4.78, 5) is 0. The molecule has 6 heteroatoms. The molecular weight excluding hydrogens is 498 g/mol. The minimum atomic E-state index is -2.52. The summed E-state index contributed by atoms with van der Waals surface area (Å²) in [6, 6.07) is 0.953. The van der Waals surface area contributed by atoms with Gasteiger partial charge in [0.15, 0.2) is 0 Å². The van der Waals surface area contributed by atoms with E-state index < -0.39 is 8.80 Å². The summed E-state index contributed by atoms with van der Waals surface area (Å²) in [6.07, 6.45) is 23.7. The average molecular weight is 566 g/mol. The van der Waals surface area contributed by atoms with Gasteiger partial charge in [-0.1, -0.05) is 97.8 Å². The van der Waals surface area contributed by atoms with Gasteiger partial charge in [-0.2, -0.15) is 0 Å². The summed E-state index contributed by atoms with van der Waals surface area (Å²) in [5.74, 6) is 0. The van der Waals surface area contributed by atoms with Gasteiger partial charge in [0.05, 0.1) is 26.2 Å². The highest BCUT2D eigenvalue weighted by Crippen LogP contribution is 2.22. The van der Waals surface area contributed by atoms with Crippen LogP contribution in [0.15, 0.2) is 0 Å². The van der Waals surface area contributed by atoms with Gasteiger partial charge in [0, 0.05) is 32.3 Å². The molecule has 0 rings (SSSR count). The third-order valence-corrected chi connectivity index (χ3v) is 10.7. The molecule has 0 bridgehead atoms. The molecule has 0 saturated heterocycles. The highest BCUT2D eigenvalue weighted by molar-refractivity contribution is 6.60. The van der Waals surface area contributed by atoms with Crippen molar-refractivity contribution >= 4 is 8.80 Å². The number of nitrogens with zero attached hydrogens (tertiary/aromatic N) is 1. The third-order valence-electron chi connectivity index (χ3n) is 7.59. The lowest BCUT2D eigenvalue weighted by atomic mass is 10.0. The van der Waals surface area contributed by atoms with Gasteiger partial charge in [-0.3, -0.25) is 0 Å². The van der Waals surface area contributed by atoms with Gasteiger partial charge in [-0.05, 0) is 46.5 Å². The van der Waals surface area contributed by atoms with E-state index in [-0.39, 0.29) is 12.4 Å². The molecule has 4 nitrogen and oxygen atoms in total. The van der Waals surface area contributed by atoms with Crippen LogP contribution in [-0.2, 0) is 13.3 Å². The first-order chi connectivity index (χ1) is 17.6. The van der Waals surface area contributed by atoms with Crippen LogP contribution in [0.3, 0.4) is 0 Å². The molecule has 0 atom stereocenters. The summed E-state index contributed by atoms with van der Waals surface area (Å²) in [5, 5.41) is 0. The van der Waals surface area contributed by atoms with Crippen LogP contribution in [0.2, 0.25) is 6.04 Å². The monoisotopic (exact) mass is 565 g/mol. The van der Waals surface area contributed by atoms with Crippen molar-refractivity contribution in [2.24, 2.45) is 0 Å². The Labute approximate surface area is 241 Å². The Balaban J connectivity index is 0. The normalized spacial score (nSPS) is 12.2. The summed E-state index contributed by atoms with van der Waals surface area (Å²) in [7, 11) is -2.52. The van der Waals surface area contributed by atoms with Crippen LogP contribution in [-0.4, -0.2) is 59.3 Å². The summed E-state index contributed by atoms with van der Waals surface area (Å²) in [6.45, 7) is 20.4. The first kappa shape index (κ1) is 39.5. The molecule has 0 saturated carbocycles. The predicted molar refractivity (Wildman–Crippen MR) is 161 cm³/mol. The fourth-order valence-corrected chi connectivity index (χ4v) is 8.49. The summed E-state index contributed by atoms with van der Waals surface area (Å²) < 4.78 is 19.6. The van der Waals surface area contributed by atoms with Crippen molar-refractivity contribution in [1.29, 1.82) is 0 Å². The Morgan fingerprint density at radius 1 is 0.405 bits per heavy atom. The van der Waals surface area contributed by atoms with Gasteiger partial charge in [-0.25, -0.2) is 0 Å². The molecule has 0 amide bonds. The molecule has 0 aromatic rings. The molecule has 0 aromatic carbocycles. The van der Waals surface area contributed by atoms with E-state index in [1.807, 2.05) is 0 Å². The lowest BCUT2D eigenvalue weighted by Gasteiger charge is -2.39. The zero-order valence-electron chi connectivity index (χ0n) is 26.2. The van der Waals surface area contributed by atoms with Crippen molar-refractivity contribution in [2.75, 3.05) is 46.0 Å². The minimum absolute atomic E-state index is 0. The predicted octanol–water partition coefficient (Wildman–Crippen LogP) is 6.55. The van der Waals surface area contributed by atoms with Crippen molar-refractivity contribution in [2.45, 2.75) is 157 Å². The lowest BCUT2D eigenvalue weighted by molar-refractivity contribution is -0.928. The van der Waals surface area contributed by atoms with E-state index >= 15 is 0 Å². The Hall–Kier alpha value is 0.347. The Kier molecular flexibility index (Phi) is 29.8. The van der Waals surface area contributed by atoms with E-state index in [2.05, 4.69) is 41.5 Å². The number of halogens is 1. The fourth-order valence-electron chi connectivity index (χ4n) is 5.89. The number of unbranched alkanes of at least 4 members (excludes halogenated alkanes) is 13. The van der Waals surface area contributed by atoms with Gasteiger partial charge in [0.25, 0.3) is 0 Å². The lowest BCUT2D eigenvalue weighted by Crippen LogP contribution is -3.00. The number of rotatable bonds is 29. The second kappa shape index (κ2) is 27.9. The van der Waals surface area contributed by atoms with Crippen LogP contribution in [0.4, 0.5) is 0 Å². The van der Waals surface area contributed by atoms with Crippen LogP contribution < -0.4 is 12.4 Å². The smallest absolute Gasteiger partial charge is 0.501 e. The Bertz CT molecular complexity index is 433. The number of quaternary nitrogens is 1. The maximum absolute atomic E-state index is 6.12. The second-order valence-electron chi connectivity index (χ2n) is 10.9. The van der Waals surface area contributed by atoms with E-state index in [9.17, 15) is 0 Å².